The van der Waals surface area contributed by atoms with Gasteiger partial charge in [-0.05, 0) is 65.4 Å². The molecular weight excluding hydrogens is 448 g/mol. The highest BCUT2D eigenvalue weighted by Crippen LogP contribution is 2.32. The lowest BCUT2D eigenvalue weighted by Gasteiger charge is -2.24. The van der Waals surface area contributed by atoms with Crippen LogP contribution in [0, 0.1) is 0 Å². The zero-order chi connectivity index (χ0) is 19.6. The van der Waals surface area contributed by atoms with Crippen molar-refractivity contribution in [3.8, 4) is 0 Å². The molecule has 1 fully saturated rings. The maximum Gasteiger partial charge on any atom is 0.253 e. The number of hydrogen-bond acceptors (Lipinski definition) is 4. The van der Waals surface area contributed by atoms with E-state index in [2.05, 4.69) is 40.3 Å². The predicted molar refractivity (Wildman–Crippen MR) is 111 cm³/mol. The van der Waals surface area contributed by atoms with Crippen molar-refractivity contribution in [2.45, 2.75) is 49.4 Å². The minimum atomic E-state index is -3.66. The van der Waals surface area contributed by atoms with Gasteiger partial charge in [-0.2, -0.15) is 4.31 Å². The Labute approximate surface area is 173 Å². The van der Waals surface area contributed by atoms with Gasteiger partial charge in [-0.15, -0.1) is 11.3 Å². The number of carbonyl (C=O) groups excluding carboxylic acids is 1. The average molecular weight is 471 g/mol. The second kappa shape index (κ2) is 8.43. The third-order valence-electron chi connectivity index (χ3n) is 4.86. The number of nitrogens with one attached hydrogen (secondary N) is 1. The first-order valence-electron chi connectivity index (χ1n) is 8.99. The summed E-state index contributed by atoms with van der Waals surface area (Å²) in [7, 11) is -3.66. The van der Waals surface area contributed by atoms with Gasteiger partial charge in [-0.1, -0.05) is 31.2 Å². The van der Waals surface area contributed by atoms with Gasteiger partial charge >= 0.3 is 0 Å². The molecule has 1 saturated heterocycles. The third-order valence-corrected chi connectivity index (χ3v) is 8.86. The van der Waals surface area contributed by atoms with Crippen LogP contribution in [0.1, 0.15) is 43.9 Å². The number of sulfonamides is 1. The number of benzene rings is 1. The molecule has 0 saturated carbocycles. The molecule has 1 N–H and O–H groups in total. The van der Waals surface area contributed by atoms with Crippen LogP contribution in [-0.2, 0) is 21.2 Å². The van der Waals surface area contributed by atoms with Crippen molar-refractivity contribution in [1.82, 2.24) is 9.62 Å². The number of hydrogen-bond donors (Lipinski definition) is 1. The Morgan fingerprint density at radius 3 is 2.59 bits per heavy atom. The zero-order valence-corrected chi connectivity index (χ0v) is 18.5. The van der Waals surface area contributed by atoms with Gasteiger partial charge in [0.05, 0.1) is 9.83 Å². The van der Waals surface area contributed by atoms with E-state index in [0.29, 0.717) is 19.4 Å². The van der Waals surface area contributed by atoms with Crippen LogP contribution in [0.4, 0.5) is 0 Å². The molecule has 0 unspecified atom stereocenters. The molecule has 0 radical (unpaired) electrons. The maximum atomic E-state index is 12.9. The lowest BCUT2D eigenvalue weighted by atomic mass is 10.0. The van der Waals surface area contributed by atoms with Crippen molar-refractivity contribution in [1.29, 1.82) is 0 Å². The van der Waals surface area contributed by atoms with E-state index in [4.69, 9.17) is 0 Å². The smallest absolute Gasteiger partial charge is 0.253 e. The first-order chi connectivity index (χ1) is 12.8. The summed E-state index contributed by atoms with van der Waals surface area (Å²) in [6.45, 7) is 4.39. The fourth-order valence-corrected chi connectivity index (χ4v) is 7.07. The maximum absolute atomic E-state index is 12.9. The number of carbonyl (C=O) groups is 1. The number of nitrogens with zero attached hydrogens (tertiary/aromatic N) is 1. The highest BCUT2D eigenvalue weighted by Gasteiger charge is 2.40. The zero-order valence-electron chi connectivity index (χ0n) is 15.3. The molecule has 27 heavy (non-hydrogen) atoms. The van der Waals surface area contributed by atoms with E-state index in [1.54, 1.807) is 12.1 Å². The summed E-state index contributed by atoms with van der Waals surface area (Å²) in [6.07, 6.45) is 2.19. The Morgan fingerprint density at radius 1 is 1.30 bits per heavy atom. The van der Waals surface area contributed by atoms with Crippen LogP contribution in [0.5, 0.6) is 0 Å². The number of thiophene rings is 1. The quantitative estimate of drug-likeness (QED) is 0.690. The Hall–Kier alpha value is -1.22. The van der Waals surface area contributed by atoms with E-state index < -0.39 is 16.1 Å². The molecule has 1 amide bonds. The van der Waals surface area contributed by atoms with E-state index >= 15 is 0 Å². The standard InChI is InChI=1S/C19H23BrN2O3S2/c1-3-14-6-8-15(9-7-14)13(2)21-19(23)16-5-4-12-22(16)27(24,25)18-11-10-17(20)26-18/h6-11,13,16H,3-5,12H2,1-2H3,(H,21,23)/t13-,16-/m1/s1. The van der Waals surface area contributed by atoms with Gasteiger partial charge in [0.25, 0.3) is 10.0 Å². The molecule has 0 spiro atoms. The summed E-state index contributed by atoms with van der Waals surface area (Å²) >= 11 is 4.47. The molecule has 2 heterocycles. The van der Waals surface area contributed by atoms with E-state index in [9.17, 15) is 13.2 Å². The first-order valence-corrected chi connectivity index (χ1v) is 12.0. The van der Waals surface area contributed by atoms with Crippen molar-refractivity contribution in [3.05, 3.63) is 51.3 Å². The highest BCUT2D eigenvalue weighted by molar-refractivity contribution is 9.11. The van der Waals surface area contributed by atoms with E-state index in [-0.39, 0.29) is 16.2 Å². The molecule has 1 aliphatic rings. The third kappa shape index (κ3) is 4.45. The minimum absolute atomic E-state index is 0.176. The van der Waals surface area contributed by atoms with Crippen LogP contribution < -0.4 is 5.32 Å². The Balaban J connectivity index is 1.73. The summed E-state index contributed by atoms with van der Waals surface area (Å²) in [5.41, 5.74) is 2.25. The summed E-state index contributed by atoms with van der Waals surface area (Å²) in [4.78, 5) is 12.8. The fraction of sp³-hybridized carbons (Fsp3) is 0.421. The molecular formula is C19H23BrN2O3S2. The molecule has 8 heteroatoms. The normalized spacial score (nSPS) is 19.1. The van der Waals surface area contributed by atoms with Gasteiger partial charge in [0.1, 0.15) is 10.3 Å². The lowest BCUT2D eigenvalue weighted by molar-refractivity contribution is -0.124. The number of amides is 1. The lowest BCUT2D eigenvalue weighted by Crippen LogP contribution is -2.46. The molecule has 146 valence electrons. The second-order valence-electron chi connectivity index (χ2n) is 6.66. The molecule has 0 bridgehead atoms. The van der Waals surface area contributed by atoms with Crippen molar-refractivity contribution in [3.63, 3.8) is 0 Å². The summed E-state index contributed by atoms with van der Waals surface area (Å²) < 4.78 is 28.2. The summed E-state index contributed by atoms with van der Waals surface area (Å²) in [5.74, 6) is -0.237. The molecule has 1 aromatic carbocycles. The Bertz CT molecular complexity index is 909. The largest absolute Gasteiger partial charge is 0.348 e. The topological polar surface area (TPSA) is 66.5 Å². The van der Waals surface area contributed by atoms with Crippen LogP contribution >= 0.6 is 27.3 Å². The summed E-state index contributed by atoms with van der Waals surface area (Å²) in [6, 6.07) is 10.6. The monoisotopic (exact) mass is 470 g/mol. The van der Waals surface area contributed by atoms with Crippen molar-refractivity contribution < 1.29 is 13.2 Å². The van der Waals surface area contributed by atoms with E-state index in [1.807, 2.05) is 19.1 Å². The second-order valence-corrected chi connectivity index (χ2v) is 11.2. The van der Waals surface area contributed by atoms with Crippen LogP contribution in [0.3, 0.4) is 0 Å². The molecule has 2 atom stereocenters. The summed E-state index contributed by atoms with van der Waals surface area (Å²) in [5, 5.41) is 2.98. The number of rotatable bonds is 6. The van der Waals surface area contributed by atoms with Gasteiger partial charge in [-0.3, -0.25) is 4.79 Å². The molecule has 1 aromatic heterocycles. The molecule has 2 aromatic rings. The van der Waals surface area contributed by atoms with E-state index in [0.717, 1.165) is 27.1 Å². The Kier molecular flexibility index (Phi) is 6.40. The number of halogens is 1. The highest BCUT2D eigenvalue weighted by atomic mass is 79.9. The van der Waals surface area contributed by atoms with Crippen LogP contribution in [0.15, 0.2) is 44.4 Å². The van der Waals surface area contributed by atoms with Gasteiger partial charge in [0, 0.05) is 6.54 Å². The molecule has 5 nitrogen and oxygen atoms in total. The van der Waals surface area contributed by atoms with Crippen LogP contribution in [0.25, 0.3) is 0 Å². The number of aryl methyl sites for hydroxylation is 1. The predicted octanol–water partition coefficient (Wildman–Crippen LogP) is 4.10. The Morgan fingerprint density at radius 2 is 2.00 bits per heavy atom. The van der Waals surface area contributed by atoms with Crippen LogP contribution in [0.2, 0.25) is 0 Å². The fourth-order valence-electron chi connectivity index (χ4n) is 3.28. The van der Waals surface area contributed by atoms with Crippen LogP contribution in [-0.4, -0.2) is 31.2 Å². The van der Waals surface area contributed by atoms with Crippen molar-refractivity contribution >= 4 is 43.2 Å². The average Bonchev–Trinajstić information content (AvgIpc) is 3.31. The van der Waals surface area contributed by atoms with Gasteiger partial charge < -0.3 is 5.32 Å². The SMILES string of the molecule is CCc1ccc([C@@H](C)NC(=O)[C@H]2CCCN2S(=O)(=O)c2ccc(Br)s2)cc1. The van der Waals surface area contributed by atoms with Crippen molar-refractivity contribution in [2.24, 2.45) is 0 Å². The minimum Gasteiger partial charge on any atom is -0.348 e. The van der Waals surface area contributed by atoms with Crippen molar-refractivity contribution in [2.75, 3.05) is 6.54 Å². The molecule has 3 rings (SSSR count). The molecule has 0 aliphatic carbocycles. The van der Waals surface area contributed by atoms with Gasteiger partial charge in [0.15, 0.2) is 0 Å². The van der Waals surface area contributed by atoms with E-state index in [1.165, 1.54) is 9.87 Å². The van der Waals surface area contributed by atoms with Gasteiger partial charge in [-0.25, -0.2) is 8.42 Å². The first kappa shape index (κ1) is 20.5. The van der Waals surface area contributed by atoms with Gasteiger partial charge in [0.2, 0.25) is 5.91 Å². The molecule has 1 aliphatic heterocycles.